The van der Waals surface area contributed by atoms with Crippen LogP contribution in [-0.2, 0) is 0 Å². The van der Waals surface area contributed by atoms with E-state index in [2.05, 4.69) is 66.6 Å². The van der Waals surface area contributed by atoms with Gasteiger partial charge in [-0.25, -0.2) is 0 Å². The minimum atomic E-state index is 0.714. The van der Waals surface area contributed by atoms with E-state index in [4.69, 9.17) is 0 Å². The zero-order valence-corrected chi connectivity index (χ0v) is 13.0. The highest BCUT2D eigenvalue weighted by molar-refractivity contribution is 7.80. The molecule has 106 valence electrons. The zero-order chi connectivity index (χ0) is 13.7. The molecule has 1 aromatic rings. The molecule has 1 atom stereocenters. The van der Waals surface area contributed by atoms with Crippen LogP contribution >= 0.6 is 12.6 Å². The number of thiol groups is 1. The summed E-state index contributed by atoms with van der Waals surface area (Å²) < 4.78 is 0. The van der Waals surface area contributed by atoms with E-state index in [1.165, 1.54) is 25.3 Å². The summed E-state index contributed by atoms with van der Waals surface area (Å²) in [5.41, 5.74) is 1.36. The summed E-state index contributed by atoms with van der Waals surface area (Å²) in [6.07, 6.45) is 0. The van der Waals surface area contributed by atoms with Gasteiger partial charge in [-0.2, -0.15) is 12.6 Å². The van der Waals surface area contributed by atoms with Crippen molar-refractivity contribution in [2.24, 2.45) is 11.8 Å². The molecule has 0 N–H and O–H groups in total. The largest absolute Gasteiger partial charge is 0.369 e. The van der Waals surface area contributed by atoms with E-state index in [0.717, 1.165) is 24.8 Å². The van der Waals surface area contributed by atoms with E-state index in [0.29, 0.717) is 5.92 Å². The van der Waals surface area contributed by atoms with Crippen molar-refractivity contribution in [1.82, 2.24) is 4.90 Å². The molecule has 1 heterocycles. The second-order valence-electron chi connectivity index (χ2n) is 5.81. The first kappa shape index (κ1) is 14.7. The van der Waals surface area contributed by atoms with Gasteiger partial charge in [-0.3, -0.25) is 4.90 Å². The number of nitrogens with zero attached hydrogens (tertiary/aromatic N) is 2. The molecule has 0 bridgehead atoms. The predicted molar refractivity (Wildman–Crippen MR) is 87.3 cm³/mol. The Hall–Kier alpha value is -0.670. The monoisotopic (exact) mass is 278 g/mol. The van der Waals surface area contributed by atoms with Crippen LogP contribution in [-0.4, -0.2) is 43.4 Å². The molecule has 0 radical (unpaired) electrons. The summed E-state index contributed by atoms with van der Waals surface area (Å²) in [7, 11) is 0. The van der Waals surface area contributed by atoms with Gasteiger partial charge in [0, 0.05) is 38.4 Å². The van der Waals surface area contributed by atoms with E-state index in [9.17, 15) is 0 Å². The molecule has 1 aliphatic rings. The fourth-order valence-electron chi connectivity index (χ4n) is 2.64. The number of rotatable bonds is 5. The maximum atomic E-state index is 4.49. The van der Waals surface area contributed by atoms with Gasteiger partial charge < -0.3 is 4.90 Å². The van der Waals surface area contributed by atoms with Crippen LogP contribution in [0, 0.1) is 11.8 Å². The molecule has 0 spiro atoms. The number of hydrogen-bond acceptors (Lipinski definition) is 3. The molecule has 0 aliphatic carbocycles. The minimum absolute atomic E-state index is 0.714. The quantitative estimate of drug-likeness (QED) is 0.827. The highest BCUT2D eigenvalue weighted by Gasteiger charge is 2.21. The van der Waals surface area contributed by atoms with Crippen LogP contribution in [0.5, 0.6) is 0 Å². The Balaban J connectivity index is 1.82. The zero-order valence-electron chi connectivity index (χ0n) is 12.1. The summed E-state index contributed by atoms with van der Waals surface area (Å²) in [5, 5.41) is 0. The van der Waals surface area contributed by atoms with Gasteiger partial charge in [0.25, 0.3) is 0 Å². The topological polar surface area (TPSA) is 6.48 Å². The van der Waals surface area contributed by atoms with Crippen molar-refractivity contribution in [2.45, 2.75) is 13.8 Å². The number of hydrogen-bond donors (Lipinski definition) is 1. The molecule has 3 heteroatoms. The Morgan fingerprint density at radius 2 is 1.68 bits per heavy atom. The van der Waals surface area contributed by atoms with Gasteiger partial charge in [0.1, 0.15) is 0 Å². The van der Waals surface area contributed by atoms with E-state index in [1.54, 1.807) is 0 Å². The van der Waals surface area contributed by atoms with Gasteiger partial charge in [0.15, 0.2) is 0 Å². The highest BCUT2D eigenvalue weighted by atomic mass is 32.1. The third-order valence-electron chi connectivity index (χ3n) is 4.16. The molecule has 19 heavy (non-hydrogen) atoms. The van der Waals surface area contributed by atoms with Gasteiger partial charge in [-0.15, -0.1) is 0 Å². The molecule has 2 rings (SSSR count). The number of para-hydroxylation sites is 1. The maximum Gasteiger partial charge on any atom is 0.0367 e. The van der Waals surface area contributed by atoms with E-state index >= 15 is 0 Å². The lowest BCUT2D eigenvalue weighted by Gasteiger charge is -2.38. The first-order chi connectivity index (χ1) is 9.20. The Kier molecular flexibility index (Phi) is 5.59. The Morgan fingerprint density at radius 1 is 1.05 bits per heavy atom. The van der Waals surface area contributed by atoms with Crippen molar-refractivity contribution in [3.8, 4) is 0 Å². The molecule has 0 aromatic heterocycles. The van der Waals surface area contributed by atoms with Crippen LogP contribution in [0.2, 0.25) is 0 Å². The normalized spacial score (nSPS) is 18.8. The minimum Gasteiger partial charge on any atom is -0.369 e. The van der Waals surface area contributed by atoms with Crippen LogP contribution < -0.4 is 4.90 Å². The van der Waals surface area contributed by atoms with Gasteiger partial charge in [0.05, 0.1) is 0 Å². The molecule has 2 nitrogen and oxygen atoms in total. The third-order valence-corrected chi connectivity index (χ3v) is 4.63. The average molecular weight is 278 g/mol. The summed E-state index contributed by atoms with van der Waals surface area (Å²) in [5.74, 6) is 2.44. The lowest BCUT2D eigenvalue weighted by Crippen LogP contribution is -2.48. The Bertz CT molecular complexity index is 358. The summed E-state index contributed by atoms with van der Waals surface area (Å²) >= 11 is 4.49. The summed E-state index contributed by atoms with van der Waals surface area (Å²) in [6.45, 7) is 10.4. The van der Waals surface area contributed by atoms with Crippen molar-refractivity contribution in [3.63, 3.8) is 0 Å². The van der Waals surface area contributed by atoms with Crippen LogP contribution in [0.15, 0.2) is 30.3 Å². The predicted octanol–water partition coefficient (Wildman–Crippen LogP) is 3.01. The second kappa shape index (κ2) is 7.20. The molecule has 0 saturated carbocycles. The molecular weight excluding hydrogens is 252 g/mol. The number of piperazine rings is 1. The van der Waals surface area contributed by atoms with E-state index < -0.39 is 0 Å². The fourth-order valence-corrected chi connectivity index (χ4v) is 3.18. The van der Waals surface area contributed by atoms with Gasteiger partial charge in [-0.1, -0.05) is 32.0 Å². The average Bonchev–Trinajstić information content (AvgIpc) is 2.46. The molecule has 1 fully saturated rings. The molecule has 1 aliphatic heterocycles. The standard InChI is InChI=1S/C16H26N2S/c1-14(2)15(13-19)12-17-8-10-18(11-9-17)16-6-4-3-5-7-16/h3-7,14-15,19H,8-13H2,1-2H3. The Morgan fingerprint density at radius 3 is 2.21 bits per heavy atom. The van der Waals surface area contributed by atoms with Crippen molar-refractivity contribution in [3.05, 3.63) is 30.3 Å². The first-order valence-corrected chi connectivity index (χ1v) is 7.97. The van der Waals surface area contributed by atoms with Crippen molar-refractivity contribution in [2.75, 3.05) is 43.4 Å². The van der Waals surface area contributed by atoms with E-state index in [1.807, 2.05) is 0 Å². The van der Waals surface area contributed by atoms with Gasteiger partial charge >= 0.3 is 0 Å². The molecule has 0 amide bonds. The molecular formula is C16H26N2S. The van der Waals surface area contributed by atoms with Crippen LogP contribution in [0.4, 0.5) is 5.69 Å². The van der Waals surface area contributed by atoms with E-state index in [-0.39, 0.29) is 0 Å². The molecule has 1 unspecified atom stereocenters. The maximum absolute atomic E-state index is 4.49. The van der Waals surface area contributed by atoms with Gasteiger partial charge in [-0.05, 0) is 29.7 Å². The summed E-state index contributed by atoms with van der Waals surface area (Å²) in [4.78, 5) is 5.09. The third kappa shape index (κ3) is 4.15. The van der Waals surface area contributed by atoms with Gasteiger partial charge in [0.2, 0.25) is 0 Å². The summed E-state index contributed by atoms with van der Waals surface area (Å²) in [6, 6.07) is 10.7. The lowest BCUT2D eigenvalue weighted by molar-refractivity contribution is 0.204. The van der Waals surface area contributed by atoms with Crippen molar-refractivity contribution < 1.29 is 0 Å². The highest BCUT2D eigenvalue weighted by Crippen LogP contribution is 2.18. The number of benzene rings is 1. The van der Waals surface area contributed by atoms with Crippen LogP contribution in [0.25, 0.3) is 0 Å². The molecule has 1 saturated heterocycles. The fraction of sp³-hybridized carbons (Fsp3) is 0.625. The lowest BCUT2D eigenvalue weighted by atomic mass is 9.97. The first-order valence-electron chi connectivity index (χ1n) is 7.34. The van der Waals surface area contributed by atoms with Crippen molar-refractivity contribution >= 4 is 18.3 Å². The Labute approximate surface area is 123 Å². The smallest absolute Gasteiger partial charge is 0.0367 e. The van der Waals surface area contributed by atoms with Crippen LogP contribution in [0.1, 0.15) is 13.8 Å². The molecule has 1 aromatic carbocycles. The number of anilines is 1. The second-order valence-corrected chi connectivity index (χ2v) is 6.18. The SMILES string of the molecule is CC(C)C(CS)CN1CCN(c2ccccc2)CC1. The van der Waals surface area contributed by atoms with Crippen LogP contribution in [0.3, 0.4) is 0 Å². The van der Waals surface area contributed by atoms with Crippen molar-refractivity contribution in [1.29, 1.82) is 0 Å².